The van der Waals surface area contributed by atoms with Crippen molar-refractivity contribution >= 4 is 12.0 Å². The van der Waals surface area contributed by atoms with Crippen molar-refractivity contribution in [1.29, 1.82) is 0 Å². The number of methoxy groups -OCH3 is 1. The van der Waals surface area contributed by atoms with Crippen LogP contribution in [0.1, 0.15) is 12.5 Å². The van der Waals surface area contributed by atoms with Gasteiger partial charge in [0.25, 0.3) is 0 Å². The number of halogens is 1. The van der Waals surface area contributed by atoms with Crippen molar-refractivity contribution in [2.24, 2.45) is 0 Å². The fourth-order valence-corrected chi connectivity index (χ4v) is 1.52. The first-order valence-electron chi connectivity index (χ1n) is 5.84. The number of carbonyl (C=O) groups is 2. The largest absolute Gasteiger partial charge is 0.453 e. The number of alkyl carbamates (subject to hydrolysis) is 1. The summed E-state index contributed by atoms with van der Waals surface area (Å²) in [5, 5.41) is 2.50. The van der Waals surface area contributed by atoms with E-state index < -0.39 is 6.09 Å². The number of hydrogen-bond donors (Lipinski definition) is 1. The Bertz CT molecular complexity index is 434. The first-order chi connectivity index (χ1) is 9.02. The van der Waals surface area contributed by atoms with E-state index in [2.05, 4.69) is 10.1 Å². The number of rotatable bonds is 5. The van der Waals surface area contributed by atoms with Gasteiger partial charge >= 0.3 is 6.09 Å². The van der Waals surface area contributed by atoms with Gasteiger partial charge in [0.1, 0.15) is 5.82 Å². The zero-order valence-electron chi connectivity index (χ0n) is 11.0. The van der Waals surface area contributed by atoms with E-state index in [1.54, 1.807) is 17.0 Å². The predicted molar refractivity (Wildman–Crippen MR) is 67.9 cm³/mol. The summed E-state index contributed by atoms with van der Waals surface area (Å²) in [5.41, 5.74) is 0.828. The van der Waals surface area contributed by atoms with Gasteiger partial charge < -0.3 is 15.0 Å². The molecule has 0 bridgehead atoms. The lowest BCUT2D eigenvalue weighted by atomic mass is 10.2. The molecular weight excluding hydrogens is 251 g/mol. The van der Waals surface area contributed by atoms with Crippen molar-refractivity contribution in [1.82, 2.24) is 10.2 Å². The standard InChI is InChI=1S/C13H17FN2O3/c1-10(17)16(8-7-15-13(18)19-2)9-11-3-5-12(14)6-4-11/h3-6H,7-9H2,1-2H3,(H,15,18). The molecule has 1 N–H and O–H groups in total. The molecule has 0 aromatic heterocycles. The van der Waals surface area contributed by atoms with Crippen LogP contribution in [0.25, 0.3) is 0 Å². The Hall–Kier alpha value is -2.11. The van der Waals surface area contributed by atoms with Crippen LogP contribution in [0, 0.1) is 5.82 Å². The van der Waals surface area contributed by atoms with Crippen molar-refractivity contribution < 1.29 is 18.7 Å². The minimum absolute atomic E-state index is 0.115. The lowest BCUT2D eigenvalue weighted by Gasteiger charge is -2.21. The molecule has 2 amide bonds. The molecular formula is C13H17FN2O3. The summed E-state index contributed by atoms with van der Waals surface area (Å²) in [6.07, 6.45) is -0.537. The van der Waals surface area contributed by atoms with E-state index in [4.69, 9.17) is 0 Å². The molecule has 0 spiro atoms. The summed E-state index contributed by atoms with van der Waals surface area (Å²) in [5.74, 6) is -0.429. The highest BCUT2D eigenvalue weighted by molar-refractivity contribution is 5.73. The van der Waals surface area contributed by atoms with Gasteiger partial charge in [-0.1, -0.05) is 12.1 Å². The molecule has 19 heavy (non-hydrogen) atoms. The highest BCUT2D eigenvalue weighted by atomic mass is 19.1. The van der Waals surface area contributed by atoms with Gasteiger partial charge in [-0.15, -0.1) is 0 Å². The number of nitrogens with zero attached hydrogens (tertiary/aromatic N) is 1. The number of benzene rings is 1. The molecule has 0 atom stereocenters. The van der Waals surface area contributed by atoms with Crippen LogP contribution in [-0.4, -0.2) is 37.1 Å². The molecule has 1 aromatic rings. The van der Waals surface area contributed by atoms with Gasteiger partial charge in [-0.2, -0.15) is 0 Å². The van der Waals surface area contributed by atoms with E-state index >= 15 is 0 Å². The average Bonchev–Trinajstić information content (AvgIpc) is 2.39. The number of hydrogen-bond acceptors (Lipinski definition) is 3. The van der Waals surface area contributed by atoms with Crippen molar-refractivity contribution in [2.75, 3.05) is 20.2 Å². The minimum atomic E-state index is -0.537. The van der Waals surface area contributed by atoms with E-state index in [-0.39, 0.29) is 11.7 Å². The van der Waals surface area contributed by atoms with Crippen molar-refractivity contribution in [3.63, 3.8) is 0 Å². The third-order valence-electron chi connectivity index (χ3n) is 2.57. The summed E-state index contributed by atoms with van der Waals surface area (Å²) in [4.78, 5) is 23.9. The molecule has 1 rings (SSSR count). The first kappa shape index (κ1) is 14.9. The van der Waals surface area contributed by atoms with E-state index in [1.807, 2.05) is 0 Å². The molecule has 0 saturated heterocycles. The van der Waals surface area contributed by atoms with Crippen LogP contribution in [0.4, 0.5) is 9.18 Å². The van der Waals surface area contributed by atoms with Crippen LogP contribution in [0.15, 0.2) is 24.3 Å². The van der Waals surface area contributed by atoms with Gasteiger partial charge in [-0.05, 0) is 17.7 Å². The zero-order valence-corrected chi connectivity index (χ0v) is 11.0. The van der Waals surface area contributed by atoms with Crippen LogP contribution in [0.5, 0.6) is 0 Å². The van der Waals surface area contributed by atoms with Crippen molar-refractivity contribution in [3.8, 4) is 0 Å². The predicted octanol–water partition coefficient (Wildman–Crippen LogP) is 1.53. The third kappa shape index (κ3) is 5.37. The van der Waals surface area contributed by atoms with Gasteiger partial charge in [0.05, 0.1) is 7.11 Å². The maximum absolute atomic E-state index is 12.8. The summed E-state index contributed by atoms with van der Waals surface area (Å²) < 4.78 is 17.2. The van der Waals surface area contributed by atoms with E-state index in [0.717, 1.165) is 5.56 Å². The molecule has 5 nitrogen and oxygen atoms in total. The van der Waals surface area contributed by atoms with E-state index in [1.165, 1.54) is 26.2 Å². The molecule has 0 aliphatic carbocycles. The molecule has 104 valence electrons. The molecule has 0 fully saturated rings. The number of amides is 2. The minimum Gasteiger partial charge on any atom is -0.453 e. The molecule has 0 unspecified atom stereocenters. The van der Waals surface area contributed by atoms with Crippen LogP contribution >= 0.6 is 0 Å². The Kier molecular flexibility index (Phi) is 5.78. The Labute approximate surface area is 111 Å². The van der Waals surface area contributed by atoms with Gasteiger partial charge in [0, 0.05) is 26.6 Å². The molecule has 0 radical (unpaired) electrons. The summed E-state index contributed by atoms with van der Waals surface area (Å²) in [7, 11) is 1.27. The summed E-state index contributed by atoms with van der Waals surface area (Å²) in [6.45, 7) is 2.48. The third-order valence-corrected chi connectivity index (χ3v) is 2.57. The monoisotopic (exact) mass is 268 g/mol. The lowest BCUT2D eigenvalue weighted by Crippen LogP contribution is -2.37. The normalized spacial score (nSPS) is 9.84. The molecule has 0 heterocycles. The fraction of sp³-hybridized carbons (Fsp3) is 0.385. The molecule has 1 aromatic carbocycles. The number of carbonyl (C=O) groups excluding carboxylic acids is 2. The average molecular weight is 268 g/mol. The Morgan fingerprint density at radius 3 is 2.47 bits per heavy atom. The molecule has 0 aliphatic rings. The SMILES string of the molecule is COC(=O)NCCN(Cc1ccc(F)cc1)C(C)=O. The smallest absolute Gasteiger partial charge is 0.406 e. The number of nitrogens with one attached hydrogen (secondary N) is 1. The fourth-order valence-electron chi connectivity index (χ4n) is 1.52. The zero-order chi connectivity index (χ0) is 14.3. The van der Waals surface area contributed by atoms with Crippen LogP contribution in [-0.2, 0) is 16.1 Å². The van der Waals surface area contributed by atoms with Crippen LogP contribution in [0.3, 0.4) is 0 Å². The topological polar surface area (TPSA) is 58.6 Å². The second-order valence-electron chi connectivity index (χ2n) is 3.99. The summed E-state index contributed by atoms with van der Waals surface area (Å²) >= 11 is 0. The highest BCUT2D eigenvalue weighted by Crippen LogP contribution is 2.06. The maximum atomic E-state index is 12.8. The molecule has 0 aliphatic heterocycles. The second kappa shape index (κ2) is 7.35. The van der Waals surface area contributed by atoms with Crippen molar-refractivity contribution in [2.45, 2.75) is 13.5 Å². The summed E-state index contributed by atoms with van der Waals surface area (Å²) in [6, 6.07) is 5.94. The van der Waals surface area contributed by atoms with E-state index in [9.17, 15) is 14.0 Å². The first-order valence-corrected chi connectivity index (χ1v) is 5.84. The van der Waals surface area contributed by atoms with Gasteiger partial charge in [0.15, 0.2) is 0 Å². The van der Waals surface area contributed by atoms with Crippen LogP contribution < -0.4 is 5.32 Å². The Balaban J connectivity index is 2.51. The van der Waals surface area contributed by atoms with Crippen LogP contribution in [0.2, 0.25) is 0 Å². The van der Waals surface area contributed by atoms with Crippen molar-refractivity contribution in [3.05, 3.63) is 35.6 Å². The lowest BCUT2D eigenvalue weighted by molar-refractivity contribution is -0.129. The Morgan fingerprint density at radius 1 is 1.32 bits per heavy atom. The maximum Gasteiger partial charge on any atom is 0.406 e. The highest BCUT2D eigenvalue weighted by Gasteiger charge is 2.10. The van der Waals surface area contributed by atoms with Gasteiger partial charge in [0.2, 0.25) is 5.91 Å². The molecule has 0 saturated carbocycles. The van der Waals surface area contributed by atoms with E-state index in [0.29, 0.717) is 19.6 Å². The molecule has 6 heteroatoms. The second-order valence-corrected chi connectivity index (χ2v) is 3.99. The Morgan fingerprint density at radius 2 is 1.95 bits per heavy atom. The quantitative estimate of drug-likeness (QED) is 0.881. The van der Waals surface area contributed by atoms with Gasteiger partial charge in [-0.25, -0.2) is 9.18 Å². The number of ether oxygens (including phenoxy) is 1. The van der Waals surface area contributed by atoms with Gasteiger partial charge in [-0.3, -0.25) is 4.79 Å².